The molecule has 1 heterocycles. The second kappa shape index (κ2) is 6.30. The monoisotopic (exact) mass is 282 g/mol. The van der Waals surface area contributed by atoms with E-state index >= 15 is 0 Å². The van der Waals surface area contributed by atoms with Crippen LogP contribution in [0.4, 0.5) is 10.1 Å². The van der Waals surface area contributed by atoms with E-state index in [0.29, 0.717) is 5.69 Å². The molecule has 1 aromatic carbocycles. The molecule has 1 aromatic rings. The average Bonchev–Trinajstić information content (AvgIpc) is 2.62. The smallest absolute Gasteiger partial charge is 0.135 e. The molecule has 1 aliphatic rings. The number of hydrogen-bond acceptors (Lipinski definition) is 3. The van der Waals surface area contributed by atoms with Gasteiger partial charge in [0.2, 0.25) is 0 Å². The predicted molar refractivity (Wildman–Crippen MR) is 79.0 cm³/mol. The normalized spacial score (nSPS) is 20.1. The maximum atomic E-state index is 13.9. The standard InChI is InChI=1S/C14H19FN2OS/c15-11-6-4-7-12(13(11)14(16)19)17-8-3-1-2-5-10(17)9-18/h4,6-7,10,18H,1-3,5,8-9H2,(H2,16,19). The van der Waals surface area contributed by atoms with Crippen LogP contribution < -0.4 is 10.6 Å². The minimum absolute atomic E-state index is 0.0115. The fraction of sp³-hybridized carbons (Fsp3) is 0.500. The second-order valence-corrected chi connectivity index (χ2v) is 5.32. The molecule has 1 atom stereocenters. The predicted octanol–water partition coefficient (Wildman–Crippen LogP) is 2.20. The third-order valence-corrected chi connectivity index (χ3v) is 3.84. The van der Waals surface area contributed by atoms with E-state index < -0.39 is 5.82 Å². The molecule has 3 nitrogen and oxygen atoms in total. The number of aliphatic hydroxyl groups excluding tert-OH is 1. The second-order valence-electron chi connectivity index (χ2n) is 4.88. The molecule has 1 saturated heterocycles. The molecule has 0 aliphatic carbocycles. The van der Waals surface area contributed by atoms with Gasteiger partial charge in [-0.25, -0.2) is 4.39 Å². The number of benzene rings is 1. The lowest BCUT2D eigenvalue weighted by molar-refractivity contribution is 0.255. The Morgan fingerprint density at radius 3 is 2.89 bits per heavy atom. The van der Waals surface area contributed by atoms with Crippen LogP contribution in [0.3, 0.4) is 0 Å². The molecular weight excluding hydrogens is 263 g/mol. The Balaban J connectivity index is 2.43. The van der Waals surface area contributed by atoms with Crippen molar-refractivity contribution in [3.8, 4) is 0 Å². The highest BCUT2D eigenvalue weighted by molar-refractivity contribution is 7.80. The van der Waals surface area contributed by atoms with Crippen LogP contribution in [-0.4, -0.2) is 29.3 Å². The highest BCUT2D eigenvalue weighted by atomic mass is 32.1. The molecule has 19 heavy (non-hydrogen) atoms. The molecular formula is C14H19FN2OS. The highest BCUT2D eigenvalue weighted by Gasteiger charge is 2.24. The maximum absolute atomic E-state index is 13.9. The van der Waals surface area contributed by atoms with Crippen LogP contribution in [0.2, 0.25) is 0 Å². The lowest BCUT2D eigenvalue weighted by atomic mass is 10.1. The molecule has 1 fully saturated rings. The maximum Gasteiger partial charge on any atom is 0.135 e. The number of anilines is 1. The van der Waals surface area contributed by atoms with Crippen LogP contribution in [0, 0.1) is 5.82 Å². The Morgan fingerprint density at radius 2 is 2.21 bits per heavy atom. The fourth-order valence-corrected chi connectivity index (χ4v) is 2.88. The molecule has 2 rings (SSSR count). The summed E-state index contributed by atoms with van der Waals surface area (Å²) in [5.74, 6) is -0.397. The summed E-state index contributed by atoms with van der Waals surface area (Å²) in [5, 5.41) is 9.55. The molecule has 0 bridgehead atoms. The van der Waals surface area contributed by atoms with Gasteiger partial charge in [-0.05, 0) is 25.0 Å². The van der Waals surface area contributed by atoms with Crippen LogP contribution in [-0.2, 0) is 0 Å². The number of halogens is 1. The van der Waals surface area contributed by atoms with E-state index in [-0.39, 0.29) is 23.2 Å². The van der Waals surface area contributed by atoms with Gasteiger partial charge in [-0.1, -0.05) is 31.1 Å². The molecule has 5 heteroatoms. The third kappa shape index (κ3) is 3.04. The van der Waals surface area contributed by atoms with Crippen molar-refractivity contribution in [2.75, 3.05) is 18.1 Å². The van der Waals surface area contributed by atoms with E-state index in [9.17, 15) is 9.50 Å². The third-order valence-electron chi connectivity index (χ3n) is 3.64. The van der Waals surface area contributed by atoms with Crippen molar-refractivity contribution in [2.45, 2.75) is 31.7 Å². The van der Waals surface area contributed by atoms with Crippen molar-refractivity contribution in [1.82, 2.24) is 0 Å². The minimum Gasteiger partial charge on any atom is -0.394 e. The van der Waals surface area contributed by atoms with Gasteiger partial charge in [0.15, 0.2) is 0 Å². The van der Waals surface area contributed by atoms with Crippen molar-refractivity contribution in [1.29, 1.82) is 0 Å². The van der Waals surface area contributed by atoms with Crippen molar-refractivity contribution in [3.05, 3.63) is 29.6 Å². The van der Waals surface area contributed by atoms with Crippen LogP contribution in [0.15, 0.2) is 18.2 Å². The summed E-state index contributed by atoms with van der Waals surface area (Å²) in [4.78, 5) is 2.11. The van der Waals surface area contributed by atoms with E-state index in [1.165, 1.54) is 6.07 Å². The zero-order valence-electron chi connectivity index (χ0n) is 10.8. The van der Waals surface area contributed by atoms with E-state index in [1.807, 2.05) is 11.0 Å². The highest BCUT2D eigenvalue weighted by Crippen LogP contribution is 2.28. The van der Waals surface area contributed by atoms with E-state index in [1.54, 1.807) is 6.07 Å². The number of nitrogens with zero attached hydrogens (tertiary/aromatic N) is 1. The summed E-state index contributed by atoms with van der Waals surface area (Å²) in [6.07, 6.45) is 4.15. The Labute approximate surface area is 118 Å². The molecule has 0 radical (unpaired) electrons. The van der Waals surface area contributed by atoms with Gasteiger partial charge in [-0.15, -0.1) is 0 Å². The van der Waals surface area contributed by atoms with Gasteiger partial charge in [0, 0.05) is 6.54 Å². The average molecular weight is 282 g/mol. The quantitative estimate of drug-likeness (QED) is 0.835. The first-order chi connectivity index (χ1) is 9.15. The molecule has 1 unspecified atom stereocenters. The lowest BCUT2D eigenvalue weighted by Crippen LogP contribution is -2.39. The first kappa shape index (κ1) is 14.2. The summed E-state index contributed by atoms with van der Waals surface area (Å²) >= 11 is 4.96. The summed E-state index contributed by atoms with van der Waals surface area (Å²) in [5.41, 5.74) is 6.64. The molecule has 3 N–H and O–H groups in total. The Hall–Kier alpha value is -1.20. The van der Waals surface area contributed by atoms with Crippen molar-refractivity contribution < 1.29 is 9.50 Å². The topological polar surface area (TPSA) is 49.5 Å². The lowest BCUT2D eigenvalue weighted by Gasteiger charge is -2.32. The molecule has 0 saturated carbocycles. The Bertz CT molecular complexity index is 467. The van der Waals surface area contributed by atoms with Gasteiger partial charge in [-0.3, -0.25) is 0 Å². The van der Waals surface area contributed by atoms with Crippen molar-refractivity contribution in [2.24, 2.45) is 5.73 Å². The Morgan fingerprint density at radius 1 is 1.42 bits per heavy atom. The molecule has 0 amide bonds. The fourth-order valence-electron chi connectivity index (χ4n) is 2.68. The van der Waals surface area contributed by atoms with Crippen LogP contribution in [0.25, 0.3) is 0 Å². The molecule has 0 spiro atoms. The van der Waals surface area contributed by atoms with Crippen molar-refractivity contribution >= 4 is 22.9 Å². The van der Waals surface area contributed by atoms with Gasteiger partial charge in [-0.2, -0.15) is 0 Å². The zero-order chi connectivity index (χ0) is 13.8. The summed E-state index contributed by atoms with van der Waals surface area (Å²) in [6, 6.07) is 4.86. The Kier molecular flexibility index (Phi) is 4.71. The molecule has 104 valence electrons. The van der Waals surface area contributed by atoms with Crippen LogP contribution in [0.5, 0.6) is 0 Å². The number of thiocarbonyl (C=S) groups is 1. The summed E-state index contributed by atoms with van der Waals surface area (Å²) < 4.78 is 13.9. The first-order valence-electron chi connectivity index (χ1n) is 6.61. The number of hydrogen-bond donors (Lipinski definition) is 2. The van der Waals surface area contributed by atoms with Gasteiger partial charge in [0.05, 0.1) is 23.9 Å². The van der Waals surface area contributed by atoms with Gasteiger partial charge >= 0.3 is 0 Å². The van der Waals surface area contributed by atoms with Gasteiger partial charge in [0.25, 0.3) is 0 Å². The SMILES string of the molecule is NC(=S)c1c(F)cccc1N1CCCCCC1CO. The molecule has 1 aliphatic heterocycles. The van der Waals surface area contributed by atoms with Crippen molar-refractivity contribution in [3.63, 3.8) is 0 Å². The van der Waals surface area contributed by atoms with E-state index in [2.05, 4.69) is 0 Å². The number of nitrogens with two attached hydrogens (primary N) is 1. The zero-order valence-corrected chi connectivity index (χ0v) is 11.6. The number of aliphatic hydroxyl groups is 1. The molecule has 0 aromatic heterocycles. The number of rotatable bonds is 3. The van der Waals surface area contributed by atoms with E-state index in [4.69, 9.17) is 18.0 Å². The van der Waals surface area contributed by atoms with Crippen LogP contribution in [0.1, 0.15) is 31.2 Å². The summed E-state index contributed by atoms with van der Waals surface area (Å²) in [6.45, 7) is 0.859. The van der Waals surface area contributed by atoms with E-state index in [0.717, 1.165) is 32.2 Å². The largest absolute Gasteiger partial charge is 0.394 e. The van der Waals surface area contributed by atoms with Gasteiger partial charge in [0.1, 0.15) is 10.8 Å². The van der Waals surface area contributed by atoms with Crippen LogP contribution >= 0.6 is 12.2 Å². The minimum atomic E-state index is -0.397. The first-order valence-corrected chi connectivity index (χ1v) is 7.01. The van der Waals surface area contributed by atoms with Gasteiger partial charge < -0.3 is 15.7 Å². The summed E-state index contributed by atoms with van der Waals surface area (Å²) in [7, 11) is 0.